The van der Waals surface area contributed by atoms with Crippen molar-refractivity contribution in [2.75, 3.05) is 13.7 Å². The Morgan fingerprint density at radius 2 is 1.90 bits per heavy atom. The first kappa shape index (κ1) is 14.9. The smallest absolute Gasteiger partial charge is 0.310 e. The van der Waals surface area contributed by atoms with Gasteiger partial charge in [0.25, 0.3) is 5.91 Å². The molecule has 1 aliphatic carbocycles. The fraction of sp³-hybridized carbons (Fsp3) is 0.333. The Morgan fingerprint density at radius 3 is 2.48 bits per heavy atom. The van der Waals surface area contributed by atoms with Crippen molar-refractivity contribution in [3.63, 3.8) is 0 Å². The topological polar surface area (TPSA) is 84.9 Å². The van der Waals surface area contributed by atoms with Crippen molar-refractivity contribution < 1.29 is 24.2 Å². The van der Waals surface area contributed by atoms with E-state index in [2.05, 4.69) is 5.32 Å². The molecule has 0 bridgehead atoms. The van der Waals surface area contributed by atoms with Gasteiger partial charge >= 0.3 is 5.97 Å². The molecule has 1 aromatic carbocycles. The fourth-order valence-electron chi connectivity index (χ4n) is 2.06. The van der Waals surface area contributed by atoms with Crippen molar-refractivity contribution >= 4 is 11.9 Å². The highest BCUT2D eigenvalue weighted by Gasteiger charge is 2.25. The van der Waals surface area contributed by atoms with Crippen molar-refractivity contribution in [3.05, 3.63) is 36.4 Å². The summed E-state index contributed by atoms with van der Waals surface area (Å²) in [5.74, 6) is -0.416. The van der Waals surface area contributed by atoms with Crippen LogP contribution in [0.15, 0.2) is 36.4 Å². The average molecular weight is 291 g/mol. The van der Waals surface area contributed by atoms with Gasteiger partial charge in [-0.15, -0.1) is 0 Å². The van der Waals surface area contributed by atoms with Gasteiger partial charge in [-0.2, -0.15) is 0 Å². The van der Waals surface area contributed by atoms with Crippen LogP contribution in [0.5, 0.6) is 11.5 Å². The Hall–Kier alpha value is -2.50. The van der Waals surface area contributed by atoms with Gasteiger partial charge in [-0.3, -0.25) is 9.59 Å². The van der Waals surface area contributed by atoms with Gasteiger partial charge in [0, 0.05) is 6.04 Å². The Balaban J connectivity index is 1.75. The summed E-state index contributed by atoms with van der Waals surface area (Å²) >= 11 is 0. The minimum Gasteiger partial charge on any atom is -0.497 e. The van der Waals surface area contributed by atoms with Crippen LogP contribution < -0.4 is 14.8 Å². The number of ether oxygens (including phenoxy) is 2. The lowest BCUT2D eigenvalue weighted by atomic mass is 10.1. The van der Waals surface area contributed by atoms with Gasteiger partial charge in [0.15, 0.2) is 6.61 Å². The van der Waals surface area contributed by atoms with Gasteiger partial charge in [-0.1, -0.05) is 12.2 Å². The number of benzene rings is 1. The maximum absolute atomic E-state index is 11.7. The molecule has 0 saturated carbocycles. The molecule has 6 heteroatoms. The number of hydrogen-bond donors (Lipinski definition) is 2. The molecular weight excluding hydrogens is 274 g/mol. The molecule has 21 heavy (non-hydrogen) atoms. The summed E-state index contributed by atoms with van der Waals surface area (Å²) in [6.45, 7) is -0.117. The van der Waals surface area contributed by atoms with Crippen LogP contribution in [-0.2, 0) is 9.59 Å². The summed E-state index contributed by atoms with van der Waals surface area (Å²) < 4.78 is 10.4. The Morgan fingerprint density at radius 1 is 1.24 bits per heavy atom. The molecule has 0 saturated heterocycles. The minimum absolute atomic E-state index is 0.117. The number of carboxylic acid groups (broad SMARTS) is 1. The molecule has 0 aliphatic heterocycles. The average Bonchev–Trinajstić information content (AvgIpc) is 2.94. The molecular formula is C15H17NO5. The minimum atomic E-state index is -0.877. The lowest BCUT2D eigenvalue weighted by Crippen LogP contribution is -2.36. The zero-order chi connectivity index (χ0) is 15.2. The standard InChI is InChI=1S/C15H17NO5/c1-20-12-4-6-13(7-5-12)21-9-14(17)16-11-3-2-10(8-11)15(18)19/h2-7,10-11H,8-9H2,1H3,(H,16,17)(H,18,19). The van der Waals surface area contributed by atoms with E-state index in [0.717, 1.165) is 0 Å². The first-order valence-electron chi connectivity index (χ1n) is 6.56. The normalized spacial score (nSPS) is 20.0. The van der Waals surface area contributed by atoms with E-state index in [1.54, 1.807) is 43.5 Å². The summed E-state index contributed by atoms with van der Waals surface area (Å²) in [7, 11) is 1.57. The van der Waals surface area contributed by atoms with Crippen molar-refractivity contribution in [1.29, 1.82) is 0 Å². The molecule has 2 unspecified atom stereocenters. The van der Waals surface area contributed by atoms with E-state index < -0.39 is 11.9 Å². The molecule has 2 atom stereocenters. The number of aliphatic carboxylic acids is 1. The van der Waals surface area contributed by atoms with Crippen LogP contribution in [0.3, 0.4) is 0 Å². The van der Waals surface area contributed by atoms with Gasteiger partial charge in [-0.25, -0.2) is 0 Å². The molecule has 1 aliphatic rings. The quantitative estimate of drug-likeness (QED) is 0.770. The Labute approximate surface area is 122 Å². The van der Waals surface area contributed by atoms with E-state index in [9.17, 15) is 9.59 Å². The maximum Gasteiger partial charge on any atom is 0.310 e. The highest BCUT2D eigenvalue weighted by atomic mass is 16.5. The third kappa shape index (κ3) is 4.24. The number of hydrogen-bond acceptors (Lipinski definition) is 4. The molecule has 6 nitrogen and oxygen atoms in total. The monoisotopic (exact) mass is 291 g/mol. The lowest BCUT2D eigenvalue weighted by molar-refractivity contribution is -0.140. The summed E-state index contributed by atoms with van der Waals surface area (Å²) in [6.07, 6.45) is 3.67. The van der Waals surface area contributed by atoms with Gasteiger partial charge < -0.3 is 19.9 Å². The Bertz CT molecular complexity index is 537. The molecule has 0 radical (unpaired) electrons. The predicted molar refractivity (Wildman–Crippen MR) is 75.3 cm³/mol. The molecule has 1 amide bonds. The van der Waals surface area contributed by atoms with Gasteiger partial charge in [0.2, 0.25) is 0 Å². The van der Waals surface area contributed by atoms with E-state index in [1.165, 1.54) is 0 Å². The zero-order valence-corrected chi connectivity index (χ0v) is 11.6. The largest absolute Gasteiger partial charge is 0.497 e. The molecule has 0 fully saturated rings. The SMILES string of the molecule is COc1ccc(OCC(=O)NC2C=CC(C(=O)O)C2)cc1. The van der Waals surface area contributed by atoms with Crippen LogP contribution >= 0.6 is 0 Å². The number of rotatable bonds is 6. The third-order valence-electron chi connectivity index (χ3n) is 3.18. The van der Waals surface area contributed by atoms with E-state index in [-0.39, 0.29) is 18.6 Å². The second-order valence-electron chi connectivity index (χ2n) is 4.70. The van der Waals surface area contributed by atoms with Gasteiger partial charge in [-0.05, 0) is 30.7 Å². The summed E-state index contributed by atoms with van der Waals surface area (Å²) in [4.78, 5) is 22.5. The van der Waals surface area contributed by atoms with Crippen molar-refractivity contribution in [2.24, 2.45) is 5.92 Å². The number of carboxylic acids is 1. The highest BCUT2D eigenvalue weighted by Crippen LogP contribution is 2.18. The Kier molecular flexibility index (Phi) is 4.81. The maximum atomic E-state index is 11.7. The van der Waals surface area contributed by atoms with Gasteiger partial charge in [0.05, 0.1) is 13.0 Å². The van der Waals surface area contributed by atoms with Crippen LogP contribution in [0.4, 0.5) is 0 Å². The van der Waals surface area contributed by atoms with Crippen LogP contribution in [0.2, 0.25) is 0 Å². The molecule has 1 aromatic rings. The van der Waals surface area contributed by atoms with E-state index in [4.69, 9.17) is 14.6 Å². The summed E-state index contributed by atoms with van der Waals surface area (Å²) in [5.41, 5.74) is 0. The fourth-order valence-corrected chi connectivity index (χ4v) is 2.06. The van der Waals surface area contributed by atoms with Crippen molar-refractivity contribution in [1.82, 2.24) is 5.32 Å². The number of carbonyl (C=O) groups excluding carboxylic acids is 1. The highest BCUT2D eigenvalue weighted by molar-refractivity contribution is 5.79. The molecule has 0 heterocycles. The second-order valence-corrected chi connectivity index (χ2v) is 4.70. The van der Waals surface area contributed by atoms with E-state index >= 15 is 0 Å². The van der Waals surface area contributed by atoms with Crippen LogP contribution in [-0.4, -0.2) is 36.7 Å². The lowest BCUT2D eigenvalue weighted by Gasteiger charge is -2.12. The van der Waals surface area contributed by atoms with Crippen LogP contribution in [0.25, 0.3) is 0 Å². The zero-order valence-electron chi connectivity index (χ0n) is 11.6. The first-order chi connectivity index (χ1) is 10.1. The second kappa shape index (κ2) is 6.78. The van der Waals surface area contributed by atoms with E-state index in [1.807, 2.05) is 0 Å². The third-order valence-corrected chi connectivity index (χ3v) is 3.18. The number of amides is 1. The number of carbonyl (C=O) groups is 2. The number of nitrogens with one attached hydrogen (secondary N) is 1. The molecule has 112 valence electrons. The molecule has 0 spiro atoms. The predicted octanol–water partition coefficient (Wildman–Crippen LogP) is 1.22. The number of methoxy groups -OCH3 is 1. The van der Waals surface area contributed by atoms with Crippen molar-refractivity contribution in [2.45, 2.75) is 12.5 Å². The van der Waals surface area contributed by atoms with Crippen LogP contribution in [0, 0.1) is 5.92 Å². The van der Waals surface area contributed by atoms with E-state index in [0.29, 0.717) is 17.9 Å². The summed E-state index contributed by atoms with van der Waals surface area (Å²) in [5, 5.41) is 11.6. The summed E-state index contributed by atoms with van der Waals surface area (Å²) in [6, 6.07) is 6.65. The molecule has 2 N–H and O–H groups in total. The molecule has 2 rings (SSSR count). The van der Waals surface area contributed by atoms with Gasteiger partial charge in [0.1, 0.15) is 11.5 Å². The van der Waals surface area contributed by atoms with Crippen molar-refractivity contribution in [3.8, 4) is 11.5 Å². The molecule has 0 aromatic heterocycles. The first-order valence-corrected chi connectivity index (χ1v) is 6.56. The van der Waals surface area contributed by atoms with Crippen LogP contribution in [0.1, 0.15) is 6.42 Å².